The fourth-order valence-corrected chi connectivity index (χ4v) is 5.15. The maximum absolute atomic E-state index is 11.6. The van der Waals surface area contributed by atoms with E-state index in [1.54, 1.807) is 39.6 Å². The average molecular weight is 533 g/mol. The van der Waals surface area contributed by atoms with E-state index in [1.807, 2.05) is 35.2 Å². The van der Waals surface area contributed by atoms with Crippen LogP contribution in [-0.2, 0) is 10.2 Å². The highest BCUT2D eigenvalue weighted by Gasteiger charge is 2.39. The number of hydrogen-bond donors (Lipinski definition) is 2. The average Bonchev–Trinajstić information content (AvgIpc) is 2.95. The Labute approximate surface area is 226 Å². The van der Waals surface area contributed by atoms with E-state index < -0.39 is 5.97 Å². The number of nitrogen functional groups attached to an aromatic ring is 1. The zero-order valence-electron chi connectivity index (χ0n) is 22.5. The topological polar surface area (TPSA) is 153 Å². The van der Waals surface area contributed by atoms with Gasteiger partial charge in [0.2, 0.25) is 18.0 Å². The highest BCUT2D eigenvalue weighted by molar-refractivity contribution is 6.34. The molecule has 1 aromatic heterocycles. The van der Waals surface area contributed by atoms with Gasteiger partial charge in [0, 0.05) is 50.6 Å². The number of carboxylic acids is 1. The molecule has 2 heterocycles. The van der Waals surface area contributed by atoms with E-state index >= 15 is 0 Å². The lowest BCUT2D eigenvalue weighted by Crippen LogP contribution is -2.55. The molecule has 0 radical (unpaired) electrons. The summed E-state index contributed by atoms with van der Waals surface area (Å²) in [5, 5.41) is 22.4. The summed E-state index contributed by atoms with van der Waals surface area (Å²) in [5.41, 5.74) is 7.89. The molecule has 1 aliphatic heterocycles. The van der Waals surface area contributed by atoms with Gasteiger partial charge in [-0.15, -0.1) is 4.99 Å². The molecule has 3 N–H and O–H groups in total. The number of likely N-dealkylation sites (N-methyl/N-ethyl adjacent to an activating group) is 2. The first kappa shape index (κ1) is 27.4. The van der Waals surface area contributed by atoms with Crippen LogP contribution in [0.4, 0.5) is 11.8 Å². The van der Waals surface area contributed by atoms with Crippen LogP contribution in [0.1, 0.15) is 18.4 Å². The molecule has 0 saturated carbocycles. The third-order valence-electron chi connectivity index (χ3n) is 7.26. The quantitative estimate of drug-likeness (QED) is 0.262. The standard InChI is InChI=1S/C27H32N8O4/c1-33(26-31-20-15-22(39-4)21(38-3)14-19(20)23(29)32-26)16-27(18-8-6-5-7-9-18)10-12-35(13-11-27)34(2)24(25(36)37)30-17-28/h5-9,14-15H,10-13,16H2,1-4H3,(H,36,37)(H2,29,31,32). The number of nitrogens with zero attached hydrogens (tertiary/aromatic N) is 7. The number of carboxylic acid groups (broad SMARTS) is 1. The normalized spacial score (nSPS) is 15.4. The minimum absolute atomic E-state index is 0.270. The molecule has 1 fully saturated rings. The number of aromatic nitrogens is 2. The molecule has 0 atom stereocenters. The number of amidine groups is 1. The van der Waals surface area contributed by atoms with Crippen molar-refractivity contribution in [1.29, 1.82) is 5.26 Å². The number of benzene rings is 2. The number of carbonyl (C=O) groups is 1. The highest BCUT2D eigenvalue weighted by atomic mass is 16.5. The van der Waals surface area contributed by atoms with E-state index in [-0.39, 0.29) is 11.3 Å². The molecule has 0 aliphatic carbocycles. The van der Waals surface area contributed by atoms with Gasteiger partial charge in [0.1, 0.15) is 5.82 Å². The minimum atomic E-state index is -1.25. The second-order valence-electron chi connectivity index (χ2n) is 9.45. The number of anilines is 2. The van der Waals surface area contributed by atoms with Crippen LogP contribution in [0.25, 0.3) is 10.9 Å². The Kier molecular flexibility index (Phi) is 8.01. The van der Waals surface area contributed by atoms with Crippen molar-refractivity contribution in [3.05, 3.63) is 48.0 Å². The Morgan fingerprint density at radius 2 is 1.79 bits per heavy atom. The second-order valence-corrected chi connectivity index (χ2v) is 9.45. The smallest absolute Gasteiger partial charge is 0.373 e. The van der Waals surface area contributed by atoms with Crippen LogP contribution in [0.2, 0.25) is 0 Å². The van der Waals surface area contributed by atoms with Gasteiger partial charge in [-0.25, -0.2) is 14.8 Å². The van der Waals surface area contributed by atoms with Gasteiger partial charge in [0.25, 0.3) is 0 Å². The van der Waals surface area contributed by atoms with Gasteiger partial charge in [-0.1, -0.05) is 30.3 Å². The molecule has 0 amide bonds. The van der Waals surface area contributed by atoms with Crippen LogP contribution in [0.3, 0.4) is 0 Å². The van der Waals surface area contributed by atoms with Crippen molar-refractivity contribution in [2.45, 2.75) is 18.3 Å². The summed E-state index contributed by atoms with van der Waals surface area (Å²) in [6.07, 6.45) is 3.02. The van der Waals surface area contributed by atoms with Crippen molar-refractivity contribution >= 4 is 34.5 Å². The van der Waals surface area contributed by atoms with Gasteiger partial charge >= 0.3 is 5.97 Å². The van der Waals surface area contributed by atoms with Crippen LogP contribution in [0.5, 0.6) is 11.5 Å². The van der Waals surface area contributed by atoms with E-state index in [4.69, 9.17) is 25.5 Å². The summed E-state index contributed by atoms with van der Waals surface area (Å²) in [4.78, 5) is 26.5. The zero-order valence-corrected chi connectivity index (χ0v) is 22.5. The maximum Gasteiger partial charge on any atom is 0.373 e. The molecule has 0 unspecified atom stereocenters. The zero-order chi connectivity index (χ0) is 28.2. The number of methoxy groups -OCH3 is 2. The number of hydrazine groups is 1. The van der Waals surface area contributed by atoms with Crippen molar-refractivity contribution in [3.8, 4) is 17.7 Å². The fraction of sp³-hybridized carbons (Fsp3) is 0.370. The molecule has 204 valence electrons. The monoisotopic (exact) mass is 532 g/mol. The number of ether oxygens (including phenoxy) is 2. The van der Waals surface area contributed by atoms with E-state index in [2.05, 4.69) is 22.1 Å². The van der Waals surface area contributed by atoms with Gasteiger partial charge in [0.15, 0.2) is 11.5 Å². The van der Waals surface area contributed by atoms with Gasteiger partial charge in [0.05, 0.1) is 19.7 Å². The summed E-state index contributed by atoms with van der Waals surface area (Å²) < 4.78 is 10.8. The Bertz CT molecular complexity index is 1410. The van der Waals surface area contributed by atoms with Crippen LogP contribution < -0.4 is 20.1 Å². The summed E-state index contributed by atoms with van der Waals surface area (Å²) in [6, 6.07) is 13.8. The molecule has 12 nitrogen and oxygen atoms in total. The lowest BCUT2D eigenvalue weighted by molar-refractivity contribution is -0.131. The maximum atomic E-state index is 11.6. The molecule has 4 rings (SSSR count). The first-order valence-electron chi connectivity index (χ1n) is 12.4. The molecule has 0 bridgehead atoms. The van der Waals surface area contributed by atoms with Crippen LogP contribution in [-0.4, -0.2) is 84.8 Å². The number of aliphatic carboxylic acids is 1. The highest BCUT2D eigenvalue weighted by Crippen LogP contribution is 2.38. The molecule has 1 saturated heterocycles. The van der Waals surface area contributed by atoms with Gasteiger partial charge in [-0.05, 0) is 24.5 Å². The molecule has 3 aromatic rings. The molecule has 0 spiro atoms. The predicted octanol–water partition coefficient (Wildman–Crippen LogP) is 2.51. The molecule has 39 heavy (non-hydrogen) atoms. The van der Waals surface area contributed by atoms with Crippen molar-refractivity contribution in [1.82, 2.24) is 20.0 Å². The van der Waals surface area contributed by atoms with E-state index in [0.717, 1.165) is 12.8 Å². The molecule has 12 heteroatoms. The lowest BCUT2D eigenvalue weighted by atomic mass is 9.72. The largest absolute Gasteiger partial charge is 0.493 e. The van der Waals surface area contributed by atoms with Gasteiger partial charge in [-0.3, -0.25) is 5.01 Å². The number of piperidine rings is 1. The number of rotatable bonds is 7. The van der Waals surface area contributed by atoms with Crippen molar-refractivity contribution in [2.75, 3.05) is 58.6 Å². The van der Waals surface area contributed by atoms with Crippen molar-refractivity contribution in [2.24, 2.45) is 4.99 Å². The van der Waals surface area contributed by atoms with Crippen molar-refractivity contribution in [3.63, 3.8) is 0 Å². The number of fused-ring (bicyclic) bond motifs is 1. The summed E-state index contributed by atoms with van der Waals surface area (Å²) in [5.74, 6) is 0.358. The molecular weight excluding hydrogens is 500 g/mol. The third-order valence-corrected chi connectivity index (χ3v) is 7.26. The number of nitrogens with two attached hydrogens (primary N) is 1. The number of nitriles is 1. The number of hydrogen-bond acceptors (Lipinski definition) is 10. The summed E-state index contributed by atoms with van der Waals surface area (Å²) in [7, 11) is 6.68. The lowest BCUT2D eigenvalue weighted by Gasteiger charge is -2.46. The number of aliphatic imine (C=N–C) groups is 1. The minimum Gasteiger partial charge on any atom is -0.493 e. The van der Waals surface area contributed by atoms with Gasteiger partial charge in [-0.2, -0.15) is 10.2 Å². The second kappa shape index (κ2) is 11.4. The van der Waals surface area contributed by atoms with Crippen LogP contribution >= 0.6 is 0 Å². The summed E-state index contributed by atoms with van der Waals surface area (Å²) in [6.45, 7) is 1.73. The van der Waals surface area contributed by atoms with Gasteiger partial charge < -0.3 is 25.2 Å². The molecular formula is C27H32N8O4. The summed E-state index contributed by atoms with van der Waals surface area (Å²) >= 11 is 0. The SMILES string of the molecule is COc1cc2nc(N(C)CC3(c4ccccc4)CCN(N(C)C(=NC#N)C(=O)O)CC3)nc(N)c2cc1OC. The van der Waals surface area contributed by atoms with Crippen LogP contribution in [0.15, 0.2) is 47.5 Å². The first-order valence-corrected chi connectivity index (χ1v) is 12.4. The van der Waals surface area contributed by atoms with Crippen molar-refractivity contribution < 1.29 is 19.4 Å². The van der Waals surface area contributed by atoms with E-state index in [1.165, 1.54) is 10.6 Å². The molecule has 2 aromatic carbocycles. The predicted molar refractivity (Wildman–Crippen MR) is 148 cm³/mol. The Morgan fingerprint density at radius 3 is 2.38 bits per heavy atom. The molecule has 1 aliphatic rings. The Hall–Kier alpha value is -4.63. The van der Waals surface area contributed by atoms with E-state index in [9.17, 15) is 9.90 Å². The fourth-order valence-electron chi connectivity index (χ4n) is 5.15. The van der Waals surface area contributed by atoms with Crippen LogP contribution in [0, 0.1) is 11.5 Å². The van der Waals surface area contributed by atoms with E-state index in [0.29, 0.717) is 53.8 Å². The third kappa shape index (κ3) is 5.49. The first-order chi connectivity index (χ1) is 18.7. The Morgan fingerprint density at radius 1 is 1.15 bits per heavy atom. The Balaban J connectivity index is 1.64.